The molecule has 0 spiro atoms. The number of fused-ring (bicyclic) bond motifs is 14. The molecule has 3 nitrogen and oxygen atoms in total. The van der Waals surface area contributed by atoms with Crippen molar-refractivity contribution in [1.29, 1.82) is 0 Å². The first kappa shape index (κ1) is 30.9. The minimum Gasteiger partial charge on any atom is -0.254 e. The van der Waals surface area contributed by atoms with E-state index in [0.717, 1.165) is 49.5 Å². The van der Waals surface area contributed by atoms with Crippen LogP contribution < -0.4 is 0 Å². The van der Waals surface area contributed by atoms with Crippen LogP contribution in [-0.4, -0.2) is 15.0 Å². The van der Waals surface area contributed by atoms with E-state index >= 15 is 0 Å². The maximum absolute atomic E-state index is 5.52. The van der Waals surface area contributed by atoms with E-state index in [-0.39, 0.29) is 0 Å². The fraction of sp³-hybridized carbons (Fsp3) is 0. The summed E-state index contributed by atoms with van der Waals surface area (Å²) < 4.78 is 0. The molecule has 12 aromatic rings. The molecule has 0 bridgehead atoms. The van der Waals surface area contributed by atoms with Crippen LogP contribution in [0.4, 0.5) is 0 Å². The van der Waals surface area contributed by atoms with Gasteiger partial charge in [0.2, 0.25) is 0 Å². The molecule has 3 heteroatoms. The van der Waals surface area contributed by atoms with E-state index in [9.17, 15) is 0 Å². The Labute approximate surface area is 322 Å². The molecule has 3 heterocycles. The molecule has 12 rings (SSSR count). The number of nitrogens with zero attached hydrogens (tertiary/aromatic N) is 3. The lowest BCUT2D eigenvalue weighted by atomic mass is 9.91. The van der Waals surface area contributed by atoms with Crippen molar-refractivity contribution in [1.82, 2.24) is 15.0 Å². The van der Waals surface area contributed by atoms with Gasteiger partial charge in [-0.25, -0.2) is 4.98 Å². The Kier molecular flexibility index (Phi) is 6.63. The van der Waals surface area contributed by atoms with E-state index in [0.29, 0.717) is 0 Å². The second-order valence-corrected chi connectivity index (χ2v) is 14.7. The molecule has 258 valence electrons. The maximum Gasteiger partial charge on any atom is 0.0970 e. The summed E-state index contributed by atoms with van der Waals surface area (Å²) in [6, 6.07) is 63.7. The maximum atomic E-state index is 5.52. The van der Waals surface area contributed by atoms with Crippen molar-refractivity contribution in [3.05, 3.63) is 188 Å². The van der Waals surface area contributed by atoms with Crippen LogP contribution in [0.25, 0.3) is 120 Å². The predicted molar refractivity (Wildman–Crippen MR) is 236 cm³/mol. The first-order valence-electron chi connectivity index (χ1n) is 19.1. The molecule has 0 amide bonds. The molecule has 9 aromatic carbocycles. The van der Waals surface area contributed by atoms with Gasteiger partial charge in [-0.15, -0.1) is 0 Å². The van der Waals surface area contributed by atoms with Crippen molar-refractivity contribution in [2.24, 2.45) is 0 Å². The summed E-state index contributed by atoms with van der Waals surface area (Å²) in [6.07, 6.45) is 3.74. The topological polar surface area (TPSA) is 38.7 Å². The van der Waals surface area contributed by atoms with Gasteiger partial charge in [0.15, 0.2) is 0 Å². The summed E-state index contributed by atoms with van der Waals surface area (Å²) in [5.41, 5.74) is 9.70. The van der Waals surface area contributed by atoms with E-state index in [2.05, 4.69) is 175 Å². The molecule has 0 aliphatic rings. The van der Waals surface area contributed by atoms with Crippen molar-refractivity contribution in [3.8, 4) is 33.5 Å². The van der Waals surface area contributed by atoms with E-state index in [1.165, 1.54) is 70.6 Å². The van der Waals surface area contributed by atoms with Crippen LogP contribution in [0.5, 0.6) is 0 Å². The predicted octanol–water partition coefficient (Wildman–Crippen LogP) is 14.1. The smallest absolute Gasteiger partial charge is 0.0970 e. The number of hydrogen-bond acceptors (Lipinski definition) is 3. The van der Waals surface area contributed by atoms with E-state index < -0.39 is 0 Å². The fourth-order valence-corrected chi connectivity index (χ4v) is 9.08. The molecule has 0 radical (unpaired) electrons. The van der Waals surface area contributed by atoms with Gasteiger partial charge in [-0.2, -0.15) is 0 Å². The SMILES string of the molecule is c1cc(-c2ccc3c(ccc4cc(-c5ccnc6c5ccc5cccnc56)ccc43)c2)cc(-c2nc3c4ccccc4c4ccccc4c3c3ccccc23)c1. The Morgan fingerprint density at radius 1 is 0.286 bits per heavy atom. The second-order valence-electron chi connectivity index (χ2n) is 14.7. The highest BCUT2D eigenvalue weighted by Gasteiger charge is 2.17. The molecule has 3 aromatic heterocycles. The summed E-state index contributed by atoms with van der Waals surface area (Å²) in [4.78, 5) is 14.9. The zero-order valence-corrected chi connectivity index (χ0v) is 30.2. The molecule has 0 fully saturated rings. The Hall–Kier alpha value is -7.49. The standard InChI is InChI=1S/C53H31N3/c1-3-14-44-42(12-1)43-13-2-5-16-46(43)52-49(44)45-15-4-6-17-47(45)50(56-52)38-10-7-9-33(30-38)34-21-23-39-35(29-34)18-19-36-31-37(22-24-40(36)39)41-26-28-55-53-48(41)25-20-32-11-8-27-54-51(32)53/h1-31H. The number of rotatable bonds is 3. The monoisotopic (exact) mass is 709 g/mol. The van der Waals surface area contributed by atoms with Crippen LogP contribution in [-0.2, 0) is 0 Å². The van der Waals surface area contributed by atoms with Gasteiger partial charge in [-0.05, 0) is 95.7 Å². The van der Waals surface area contributed by atoms with Crippen LogP contribution in [0.2, 0.25) is 0 Å². The Bertz CT molecular complexity index is 3600. The largest absolute Gasteiger partial charge is 0.254 e. The highest BCUT2D eigenvalue weighted by atomic mass is 14.7. The molecule has 0 saturated heterocycles. The average Bonchev–Trinajstić information content (AvgIpc) is 3.28. The lowest BCUT2D eigenvalue weighted by Crippen LogP contribution is -1.93. The quantitative estimate of drug-likeness (QED) is 0.171. The first-order chi connectivity index (χ1) is 27.8. The van der Waals surface area contributed by atoms with Gasteiger partial charge in [-0.1, -0.05) is 146 Å². The molecular formula is C53H31N3. The van der Waals surface area contributed by atoms with Crippen LogP contribution in [0, 0.1) is 0 Å². The van der Waals surface area contributed by atoms with E-state index in [1.54, 1.807) is 0 Å². The summed E-state index contributed by atoms with van der Waals surface area (Å²) in [5, 5.41) is 15.6. The molecule has 0 aliphatic carbocycles. The molecular weight excluding hydrogens is 679 g/mol. The molecule has 0 N–H and O–H groups in total. The van der Waals surface area contributed by atoms with Gasteiger partial charge in [0, 0.05) is 44.9 Å². The van der Waals surface area contributed by atoms with Crippen molar-refractivity contribution < 1.29 is 0 Å². The Balaban J connectivity index is 0.971. The number of pyridine rings is 3. The van der Waals surface area contributed by atoms with Gasteiger partial charge in [0.1, 0.15) is 0 Å². The Morgan fingerprint density at radius 3 is 1.68 bits per heavy atom. The van der Waals surface area contributed by atoms with Gasteiger partial charge in [-0.3, -0.25) is 9.97 Å². The number of benzene rings is 9. The molecule has 56 heavy (non-hydrogen) atoms. The summed E-state index contributed by atoms with van der Waals surface area (Å²) >= 11 is 0. The van der Waals surface area contributed by atoms with E-state index in [1.807, 2.05) is 18.5 Å². The van der Waals surface area contributed by atoms with Gasteiger partial charge < -0.3 is 0 Å². The number of hydrogen-bond donors (Lipinski definition) is 0. The summed E-state index contributed by atoms with van der Waals surface area (Å²) in [7, 11) is 0. The molecule has 0 atom stereocenters. The third-order valence-corrected chi connectivity index (χ3v) is 11.7. The highest BCUT2D eigenvalue weighted by Crippen LogP contribution is 2.42. The second kappa shape index (κ2) is 12.0. The van der Waals surface area contributed by atoms with E-state index in [4.69, 9.17) is 9.97 Å². The lowest BCUT2D eigenvalue weighted by Gasteiger charge is -2.15. The minimum atomic E-state index is 0.933. The van der Waals surface area contributed by atoms with Gasteiger partial charge in [0.05, 0.1) is 22.2 Å². The van der Waals surface area contributed by atoms with Gasteiger partial charge >= 0.3 is 0 Å². The molecule has 0 unspecified atom stereocenters. The van der Waals surface area contributed by atoms with Crippen molar-refractivity contribution in [3.63, 3.8) is 0 Å². The van der Waals surface area contributed by atoms with Crippen molar-refractivity contribution in [2.45, 2.75) is 0 Å². The fourth-order valence-electron chi connectivity index (χ4n) is 9.08. The third kappa shape index (κ3) is 4.61. The van der Waals surface area contributed by atoms with Crippen molar-refractivity contribution >= 4 is 86.6 Å². The zero-order chi connectivity index (χ0) is 36.7. The lowest BCUT2D eigenvalue weighted by molar-refractivity contribution is 1.37. The van der Waals surface area contributed by atoms with Crippen LogP contribution in [0.3, 0.4) is 0 Å². The summed E-state index contributed by atoms with van der Waals surface area (Å²) in [5.74, 6) is 0. The van der Waals surface area contributed by atoms with Crippen LogP contribution >= 0.6 is 0 Å². The van der Waals surface area contributed by atoms with Gasteiger partial charge in [0.25, 0.3) is 0 Å². The van der Waals surface area contributed by atoms with Crippen molar-refractivity contribution in [2.75, 3.05) is 0 Å². The zero-order valence-electron chi connectivity index (χ0n) is 30.2. The van der Waals surface area contributed by atoms with Crippen LogP contribution in [0.1, 0.15) is 0 Å². The summed E-state index contributed by atoms with van der Waals surface area (Å²) in [6.45, 7) is 0. The van der Waals surface area contributed by atoms with Crippen LogP contribution in [0.15, 0.2) is 188 Å². The molecule has 0 saturated carbocycles. The average molecular weight is 710 g/mol. The highest BCUT2D eigenvalue weighted by molar-refractivity contribution is 6.31. The first-order valence-corrected chi connectivity index (χ1v) is 19.1. The minimum absolute atomic E-state index is 0.933. The number of aromatic nitrogens is 3. The molecule has 0 aliphatic heterocycles. The third-order valence-electron chi connectivity index (χ3n) is 11.7. The normalized spacial score (nSPS) is 11.9. The Morgan fingerprint density at radius 2 is 0.875 bits per heavy atom.